The van der Waals surface area contributed by atoms with Crippen LogP contribution in [0.2, 0.25) is 0 Å². The van der Waals surface area contributed by atoms with E-state index in [4.69, 9.17) is 18.8 Å². The second-order valence-electron chi connectivity index (χ2n) is 8.40. The predicted molar refractivity (Wildman–Crippen MR) is 112 cm³/mol. The standard InChI is InChI=1S/C22H26BNO5/c1-21(2)22(3,4)29-23(28-21)17-7-6-8-18-20(17)27-14-19(25)24(18)13-15-9-11-16(26-5)12-10-15/h6-12H,13-14H2,1-5H3. The Kier molecular flexibility index (Phi) is 4.83. The molecule has 7 heteroatoms. The van der Waals surface area contributed by atoms with Crippen LogP contribution < -0.4 is 19.8 Å². The zero-order valence-electron chi connectivity index (χ0n) is 17.5. The smallest absolute Gasteiger partial charge is 0.497 e. The summed E-state index contributed by atoms with van der Waals surface area (Å²) in [7, 11) is 1.08. The summed E-state index contributed by atoms with van der Waals surface area (Å²) < 4.78 is 23.5. The molecule has 0 aromatic heterocycles. The van der Waals surface area contributed by atoms with Crippen molar-refractivity contribution in [2.75, 3.05) is 18.6 Å². The third-order valence-electron chi connectivity index (χ3n) is 5.96. The van der Waals surface area contributed by atoms with Gasteiger partial charge in [0, 0.05) is 5.46 Å². The molecule has 2 aromatic rings. The summed E-state index contributed by atoms with van der Waals surface area (Å²) in [5, 5.41) is 0. The number of nitrogens with zero attached hydrogens (tertiary/aromatic N) is 1. The summed E-state index contributed by atoms with van der Waals surface area (Å²) in [5.41, 5.74) is 1.63. The Labute approximate surface area is 171 Å². The topological polar surface area (TPSA) is 57.2 Å². The maximum atomic E-state index is 12.6. The zero-order chi connectivity index (χ0) is 20.8. The van der Waals surface area contributed by atoms with Gasteiger partial charge < -0.3 is 23.7 Å². The van der Waals surface area contributed by atoms with Gasteiger partial charge in [-0.3, -0.25) is 4.79 Å². The number of anilines is 1. The second-order valence-corrected chi connectivity index (χ2v) is 8.40. The van der Waals surface area contributed by atoms with E-state index in [1.54, 1.807) is 12.0 Å². The highest BCUT2D eigenvalue weighted by atomic mass is 16.7. The minimum atomic E-state index is -0.550. The number of fused-ring (bicyclic) bond motifs is 1. The highest BCUT2D eigenvalue weighted by molar-refractivity contribution is 6.63. The van der Waals surface area contributed by atoms with E-state index in [-0.39, 0.29) is 12.5 Å². The molecule has 2 aliphatic rings. The largest absolute Gasteiger partial charge is 0.498 e. The molecule has 0 atom stereocenters. The number of ether oxygens (including phenoxy) is 2. The molecule has 1 saturated heterocycles. The predicted octanol–water partition coefficient (Wildman–Crippen LogP) is 2.92. The van der Waals surface area contributed by atoms with Gasteiger partial charge in [0.2, 0.25) is 0 Å². The molecule has 29 heavy (non-hydrogen) atoms. The summed E-state index contributed by atoms with van der Waals surface area (Å²) in [6, 6.07) is 13.4. The minimum absolute atomic E-state index is 0.0142. The summed E-state index contributed by atoms with van der Waals surface area (Å²) in [5.74, 6) is 1.34. The lowest BCUT2D eigenvalue weighted by Crippen LogP contribution is -2.43. The zero-order valence-corrected chi connectivity index (χ0v) is 17.5. The lowest BCUT2D eigenvalue weighted by atomic mass is 9.77. The average molecular weight is 395 g/mol. The maximum Gasteiger partial charge on any atom is 0.498 e. The van der Waals surface area contributed by atoms with E-state index in [9.17, 15) is 4.79 Å². The Morgan fingerprint density at radius 3 is 2.31 bits per heavy atom. The molecule has 0 spiro atoms. The Balaban J connectivity index is 1.66. The van der Waals surface area contributed by atoms with Crippen molar-refractivity contribution < 1.29 is 23.6 Å². The number of para-hydroxylation sites is 1. The number of methoxy groups -OCH3 is 1. The lowest BCUT2D eigenvalue weighted by Gasteiger charge is -2.32. The SMILES string of the molecule is COc1ccc(CN2C(=O)COc3c(B4OC(C)(C)C(C)(C)O4)cccc32)cc1. The monoisotopic (exact) mass is 395 g/mol. The number of hydrogen-bond acceptors (Lipinski definition) is 5. The summed E-state index contributed by atoms with van der Waals surface area (Å²) in [6.07, 6.45) is 0. The fourth-order valence-corrected chi connectivity index (χ4v) is 3.50. The molecular weight excluding hydrogens is 369 g/mol. The average Bonchev–Trinajstić information content (AvgIpc) is 2.91. The molecule has 1 amide bonds. The first-order valence-corrected chi connectivity index (χ1v) is 9.76. The van der Waals surface area contributed by atoms with Crippen molar-refractivity contribution in [1.82, 2.24) is 0 Å². The number of hydrogen-bond donors (Lipinski definition) is 0. The van der Waals surface area contributed by atoms with Crippen LogP contribution in [0.5, 0.6) is 11.5 Å². The summed E-state index contributed by atoms with van der Waals surface area (Å²) in [6.45, 7) is 8.50. The van der Waals surface area contributed by atoms with Crippen molar-refractivity contribution in [3.63, 3.8) is 0 Å². The molecule has 0 saturated carbocycles. The number of amides is 1. The molecule has 2 aliphatic heterocycles. The fraction of sp³-hybridized carbons (Fsp3) is 0.409. The Bertz CT molecular complexity index is 909. The molecule has 1 fully saturated rings. The quantitative estimate of drug-likeness (QED) is 0.746. The van der Waals surface area contributed by atoms with Gasteiger partial charge in [0.05, 0.1) is 30.5 Å². The first-order valence-electron chi connectivity index (χ1n) is 9.76. The van der Waals surface area contributed by atoms with Gasteiger partial charge in [-0.1, -0.05) is 24.3 Å². The number of rotatable bonds is 4. The van der Waals surface area contributed by atoms with Gasteiger partial charge in [-0.05, 0) is 51.5 Å². The third kappa shape index (κ3) is 3.49. The fourth-order valence-electron chi connectivity index (χ4n) is 3.50. The van der Waals surface area contributed by atoms with E-state index in [0.29, 0.717) is 12.3 Å². The van der Waals surface area contributed by atoms with Crippen molar-refractivity contribution in [3.8, 4) is 11.5 Å². The van der Waals surface area contributed by atoms with E-state index in [1.807, 2.05) is 70.2 Å². The van der Waals surface area contributed by atoms with Crippen LogP contribution >= 0.6 is 0 Å². The highest BCUT2D eigenvalue weighted by Crippen LogP contribution is 2.39. The molecule has 0 unspecified atom stereocenters. The van der Waals surface area contributed by atoms with Gasteiger partial charge in [-0.25, -0.2) is 0 Å². The van der Waals surface area contributed by atoms with Crippen molar-refractivity contribution in [2.24, 2.45) is 0 Å². The first-order chi connectivity index (χ1) is 13.7. The van der Waals surface area contributed by atoms with Gasteiger partial charge in [0.25, 0.3) is 5.91 Å². The van der Waals surface area contributed by atoms with Crippen LogP contribution in [-0.2, 0) is 20.6 Å². The van der Waals surface area contributed by atoms with Crippen molar-refractivity contribution in [2.45, 2.75) is 45.4 Å². The molecule has 2 aromatic carbocycles. The van der Waals surface area contributed by atoms with Gasteiger partial charge in [-0.15, -0.1) is 0 Å². The van der Waals surface area contributed by atoms with Crippen LogP contribution in [0, 0.1) is 0 Å². The van der Waals surface area contributed by atoms with Crippen molar-refractivity contribution >= 4 is 24.2 Å². The Morgan fingerprint density at radius 1 is 1.03 bits per heavy atom. The molecule has 2 heterocycles. The van der Waals surface area contributed by atoms with Crippen LogP contribution in [0.3, 0.4) is 0 Å². The number of carbonyl (C=O) groups is 1. The molecule has 0 bridgehead atoms. The van der Waals surface area contributed by atoms with Gasteiger partial charge in [0.15, 0.2) is 6.61 Å². The molecule has 0 aliphatic carbocycles. The van der Waals surface area contributed by atoms with Crippen LogP contribution in [-0.4, -0.2) is 37.9 Å². The first kappa shape index (κ1) is 19.8. The minimum Gasteiger partial charge on any atom is -0.497 e. The highest BCUT2D eigenvalue weighted by Gasteiger charge is 2.53. The van der Waals surface area contributed by atoms with E-state index in [0.717, 1.165) is 22.5 Å². The molecule has 0 N–H and O–H groups in total. The van der Waals surface area contributed by atoms with Crippen LogP contribution in [0.1, 0.15) is 33.3 Å². The van der Waals surface area contributed by atoms with Crippen molar-refractivity contribution in [3.05, 3.63) is 48.0 Å². The molecule has 6 nitrogen and oxygen atoms in total. The number of carbonyl (C=O) groups excluding carboxylic acids is 1. The van der Waals surface area contributed by atoms with E-state index in [1.165, 1.54) is 0 Å². The van der Waals surface area contributed by atoms with Gasteiger partial charge in [-0.2, -0.15) is 0 Å². The Morgan fingerprint density at radius 2 is 1.69 bits per heavy atom. The molecule has 152 valence electrons. The van der Waals surface area contributed by atoms with Crippen LogP contribution in [0.4, 0.5) is 5.69 Å². The van der Waals surface area contributed by atoms with E-state index < -0.39 is 18.3 Å². The Hall–Kier alpha value is -2.51. The van der Waals surface area contributed by atoms with E-state index in [2.05, 4.69) is 0 Å². The van der Waals surface area contributed by atoms with Gasteiger partial charge in [0.1, 0.15) is 11.5 Å². The molecule has 4 rings (SSSR count). The molecule has 0 radical (unpaired) electrons. The second kappa shape index (κ2) is 7.08. The lowest BCUT2D eigenvalue weighted by molar-refractivity contribution is -0.121. The number of benzene rings is 2. The van der Waals surface area contributed by atoms with Crippen molar-refractivity contribution in [1.29, 1.82) is 0 Å². The summed E-state index contributed by atoms with van der Waals surface area (Å²) in [4.78, 5) is 14.4. The maximum absolute atomic E-state index is 12.6. The van der Waals surface area contributed by atoms with Crippen LogP contribution in [0.25, 0.3) is 0 Å². The molecular formula is C22H26BNO5. The van der Waals surface area contributed by atoms with E-state index >= 15 is 0 Å². The third-order valence-corrected chi connectivity index (χ3v) is 5.96. The normalized spacial score (nSPS) is 19.7. The summed E-state index contributed by atoms with van der Waals surface area (Å²) >= 11 is 0. The van der Waals surface area contributed by atoms with Crippen LogP contribution in [0.15, 0.2) is 42.5 Å². The van der Waals surface area contributed by atoms with Gasteiger partial charge >= 0.3 is 7.12 Å².